The average Bonchev–Trinajstić information content (AvgIpc) is 2.54. The maximum atomic E-state index is 13.7. The fraction of sp³-hybridized carbons (Fsp3) is 0.118. The van der Waals surface area contributed by atoms with E-state index in [-0.39, 0.29) is 5.82 Å². The highest BCUT2D eigenvalue weighted by Gasteiger charge is 2.12. The minimum Gasteiger partial charge on any atom is -0.494 e. The van der Waals surface area contributed by atoms with E-state index in [1.807, 2.05) is 36.4 Å². The maximum absolute atomic E-state index is 13.7. The lowest BCUT2D eigenvalue weighted by Crippen LogP contribution is -1.97. The number of methoxy groups -OCH3 is 1. The highest BCUT2D eigenvalue weighted by molar-refractivity contribution is 5.97. The van der Waals surface area contributed by atoms with Crippen molar-refractivity contribution in [3.8, 4) is 17.0 Å². The molecular weight excluding hydrogens is 267 g/mol. The predicted octanol–water partition coefficient (Wildman–Crippen LogP) is 4.09. The van der Waals surface area contributed by atoms with Crippen molar-refractivity contribution >= 4 is 16.6 Å². The van der Waals surface area contributed by atoms with E-state index in [0.29, 0.717) is 16.7 Å². The summed E-state index contributed by atoms with van der Waals surface area (Å²) < 4.78 is 19.0. The summed E-state index contributed by atoms with van der Waals surface area (Å²) in [6.45, 7) is 0. The van der Waals surface area contributed by atoms with E-state index in [1.54, 1.807) is 7.05 Å². The lowest BCUT2D eigenvalue weighted by Gasteiger charge is -2.12. The Hall–Kier alpha value is -2.62. The predicted molar refractivity (Wildman–Crippen MR) is 83.2 cm³/mol. The van der Waals surface area contributed by atoms with Crippen LogP contribution >= 0.6 is 0 Å². The molecule has 0 saturated carbocycles. The lowest BCUT2D eigenvalue weighted by molar-refractivity contribution is 0.415. The highest BCUT2D eigenvalue weighted by atomic mass is 19.1. The van der Waals surface area contributed by atoms with Gasteiger partial charge in [0.05, 0.1) is 12.8 Å². The Balaban J connectivity index is 2.33. The van der Waals surface area contributed by atoms with Gasteiger partial charge in [0.25, 0.3) is 0 Å². The first-order valence-electron chi connectivity index (χ1n) is 6.64. The van der Waals surface area contributed by atoms with Gasteiger partial charge in [-0.25, -0.2) is 9.37 Å². The second kappa shape index (κ2) is 5.40. The molecule has 3 aromatic rings. The van der Waals surface area contributed by atoms with Crippen molar-refractivity contribution in [2.24, 2.45) is 0 Å². The standard InChI is InChI=1S/C17H15FN2O/c1-19-15-10-14(11-6-4-3-5-7-11)20-17-13(15)8-12(18)9-16(17)21-2/h3-10H,1-2H3,(H,19,20). The Morgan fingerprint density at radius 2 is 1.86 bits per heavy atom. The molecule has 0 unspecified atom stereocenters. The Kier molecular flexibility index (Phi) is 3.44. The Morgan fingerprint density at radius 1 is 1.10 bits per heavy atom. The van der Waals surface area contributed by atoms with Crippen LogP contribution < -0.4 is 10.1 Å². The summed E-state index contributed by atoms with van der Waals surface area (Å²) in [7, 11) is 3.32. The van der Waals surface area contributed by atoms with Gasteiger partial charge in [-0.3, -0.25) is 0 Å². The molecule has 0 fully saturated rings. The van der Waals surface area contributed by atoms with Crippen molar-refractivity contribution in [3.05, 3.63) is 54.3 Å². The fourth-order valence-electron chi connectivity index (χ4n) is 2.38. The fourth-order valence-corrected chi connectivity index (χ4v) is 2.38. The van der Waals surface area contributed by atoms with E-state index in [2.05, 4.69) is 10.3 Å². The van der Waals surface area contributed by atoms with Gasteiger partial charge in [-0.15, -0.1) is 0 Å². The number of pyridine rings is 1. The number of hydrogen-bond acceptors (Lipinski definition) is 3. The molecule has 3 rings (SSSR count). The van der Waals surface area contributed by atoms with E-state index in [0.717, 1.165) is 16.9 Å². The molecule has 0 radical (unpaired) electrons. The molecule has 106 valence electrons. The van der Waals surface area contributed by atoms with Crippen molar-refractivity contribution in [2.45, 2.75) is 0 Å². The number of nitrogens with one attached hydrogen (secondary N) is 1. The monoisotopic (exact) mass is 282 g/mol. The van der Waals surface area contributed by atoms with Gasteiger partial charge in [0.15, 0.2) is 0 Å². The molecule has 1 aromatic heterocycles. The zero-order valence-electron chi connectivity index (χ0n) is 11.9. The van der Waals surface area contributed by atoms with Crippen LogP contribution in [0.1, 0.15) is 0 Å². The van der Waals surface area contributed by atoms with E-state index < -0.39 is 0 Å². The van der Waals surface area contributed by atoms with Gasteiger partial charge in [0.1, 0.15) is 17.1 Å². The van der Waals surface area contributed by atoms with Crippen LogP contribution in [-0.4, -0.2) is 19.1 Å². The van der Waals surface area contributed by atoms with Crippen LogP contribution in [0.5, 0.6) is 5.75 Å². The maximum Gasteiger partial charge on any atom is 0.148 e. The van der Waals surface area contributed by atoms with Crippen LogP contribution in [0.3, 0.4) is 0 Å². The molecule has 1 heterocycles. The molecule has 1 N–H and O–H groups in total. The lowest BCUT2D eigenvalue weighted by atomic mass is 10.1. The summed E-state index contributed by atoms with van der Waals surface area (Å²) in [5, 5.41) is 3.80. The average molecular weight is 282 g/mol. The summed E-state index contributed by atoms with van der Waals surface area (Å²) >= 11 is 0. The molecule has 0 bridgehead atoms. The second-order valence-electron chi connectivity index (χ2n) is 4.68. The van der Waals surface area contributed by atoms with Gasteiger partial charge in [-0.2, -0.15) is 0 Å². The largest absolute Gasteiger partial charge is 0.494 e. The minimum absolute atomic E-state index is 0.342. The molecule has 4 heteroatoms. The van der Waals surface area contributed by atoms with Gasteiger partial charge in [0, 0.05) is 29.8 Å². The first-order valence-corrected chi connectivity index (χ1v) is 6.64. The highest BCUT2D eigenvalue weighted by Crippen LogP contribution is 2.33. The van der Waals surface area contributed by atoms with E-state index in [4.69, 9.17) is 4.74 Å². The summed E-state index contributed by atoms with van der Waals surface area (Å²) in [6, 6.07) is 14.6. The molecule has 3 nitrogen and oxygen atoms in total. The normalized spacial score (nSPS) is 10.6. The van der Waals surface area contributed by atoms with Gasteiger partial charge in [-0.05, 0) is 12.1 Å². The van der Waals surface area contributed by atoms with Crippen LogP contribution in [0, 0.1) is 5.82 Å². The van der Waals surface area contributed by atoms with E-state index in [9.17, 15) is 4.39 Å². The molecule has 0 aliphatic carbocycles. The first-order chi connectivity index (χ1) is 10.2. The number of halogens is 1. The second-order valence-corrected chi connectivity index (χ2v) is 4.68. The summed E-state index contributed by atoms with van der Waals surface area (Å²) in [6.07, 6.45) is 0. The third kappa shape index (κ3) is 2.40. The van der Waals surface area contributed by atoms with E-state index >= 15 is 0 Å². The number of benzene rings is 2. The van der Waals surface area contributed by atoms with Crippen LogP contribution in [0.4, 0.5) is 10.1 Å². The number of anilines is 1. The molecule has 2 aromatic carbocycles. The zero-order valence-corrected chi connectivity index (χ0v) is 11.9. The smallest absolute Gasteiger partial charge is 0.148 e. The van der Waals surface area contributed by atoms with Gasteiger partial charge < -0.3 is 10.1 Å². The number of fused-ring (bicyclic) bond motifs is 1. The summed E-state index contributed by atoms with van der Waals surface area (Å²) in [5.41, 5.74) is 3.28. The van der Waals surface area contributed by atoms with Crippen molar-refractivity contribution in [1.82, 2.24) is 4.98 Å². The Labute approximate surface area is 122 Å². The summed E-state index contributed by atoms with van der Waals surface area (Å²) in [4.78, 5) is 4.63. The molecule has 0 spiro atoms. The van der Waals surface area contributed by atoms with E-state index in [1.165, 1.54) is 19.2 Å². The van der Waals surface area contributed by atoms with Crippen molar-refractivity contribution in [1.29, 1.82) is 0 Å². The molecule has 0 atom stereocenters. The van der Waals surface area contributed by atoms with Crippen molar-refractivity contribution in [2.75, 3.05) is 19.5 Å². The summed E-state index contributed by atoms with van der Waals surface area (Å²) in [5.74, 6) is 0.0874. The van der Waals surface area contributed by atoms with Gasteiger partial charge in [0.2, 0.25) is 0 Å². The molecule has 0 amide bonds. The number of ether oxygens (including phenoxy) is 1. The molecule has 21 heavy (non-hydrogen) atoms. The van der Waals surface area contributed by atoms with Crippen LogP contribution in [0.2, 0.25) is 0 Å². The number of hydrogen-bond donors (Lipinski definition) is 1. The van der Waals surface area contributed by atoms with Gasteiger partial charge >= 0.3 is 0 Å². The molecule has 0 saturated heterocycles. The topological polar surface area (TPSA) is 34.2 Å². The third-order valence-electron chi connectivity index (χ3n) is 3.40. The minimum atomic E-state index is -0.342. The number of nitrogens with zero attached hydrogens (tertiary/aromatic N) is 1. The number of aromatic nitrogens is 1. The number of rotatable bonds is 3. The van der Waals surface area contributed by atoms with Crippen LogP contribution in [-0.2, 0) is 0 Å². The molecule has 0 aliphatic heterocycles. The quantitative estimate of drug-likeness (QED) is 0.785. The molecule has 0 aliphatic rings. The van der Waals surface area contributed by atoms with Gasteiger partial charge in [-0.1, -0.05) is 30.3 Å². The molecular formula is C17H15FN2O. The van der Waals surface area contributed by atoms with Crippen molar-refractivity contribution < 1.29 is 9.13 Å². The zero-order chi connectivity index (χ0) is 14.8. The van der Waals surface area contributed by atoms with Crippen LogP contribution in [0.25, 0.3) is 22.2 Å². The van der Waals surface area contributed by atoms with Crippen LogP contribution in [0.15, 0.2) is 48.5 Å². The Morgan fingerprint density at radius 3 is 2.52 bits per heavy atom. The first kappa shape index (κ1) is 13.4. The SMILES string of the molecule is CNc1cc(-c2ccccc2)nc2c(OC)cc(F)cc12. The van der Waals surface area contributed by atoms with Crippen molar-refractivity contribution in [3.63, 3.8) is 0 Å². The Bertz CT molecular complexity index is 788. The third-order valence-corrected chi connectivity index (χ3v) is 3.40.